The van der Waals surface area contributed by atoms with Gasteiger partial charge in [0.25, 0.3) is 5.09 Å². The molecule has 0 bridgehead atoms. The summed E-state index contributed by atoms with van der Waals surface area (Å²) >= 11 is 0. The van der Waals surface area contributed by atoms with Gasteiger partial charge in [0, 0.05) is 29.7 Å². The van der Waals surface area contributed by atoms with Gasteiger partial charge < -0.3 is 25.0 Å². The van der Waals surface area contributed by atoms with Gasteiger partial charge in [0.2, 0.25) is 0 Å². The summed E-state index contributed by atoms with van der Waals surface area (Å²) in [5, 5.41) is 23.3. The zero-order chi connectivity index (χ0) is 16.7. The topological polar surface area (TPSA) is 110 Å². The molecule has 0 aliphatic rings. The summed E-state index contributed by atoms with van der Waals surface area (Å²) in [5.74, 6) is 0.718. The number of hydrogen-bond donors (Lipinski definition) is 3. The zero-order valence-electron chi connectivity index (χ0n) is 12.9. The van der Waals surface area contributed by atoms with E-state index in [2.05, 4.69) is 15.1 Å². The first-order valence-corrected chi connectivity index (χ1v) is 7.44. The molecule has 1 aromatic heterocycles. The third-order valence-corrected chi connectivity index (χ3v) is 3.44. The van der Waals surface area contributed by atoms with Crippen LogP contribution in [0.5, 0.6) is 5.75 Å². The van der Waals surface area contributed by atoms with Crippen LogP contribution in [0.1, 0.15) is 13.3 Å². The highest BCUT2D eigenvalue weighted by atomic mass is 16.9. The van der Waals surface area contributed by atoms with Gasteiger partial charge in [-0.25, -0.2) is 0 Å². The summed E-state index contributed by atoms with van der Waals surface area (Å²) in [4.78, 5) is 17.4. The summed E-state index contributed by atoms with van der Waals surface area (Å²) in [6.07, 6.45) is 1.64. The number of aromatic amines is 1. The second-order valence-corrected chi connectivity index (χ2v) is 5.31. The lowest BCUT2D eigenvalue weighted by Gasteiger charge is -2.17. The SMILES string of the molecule is CC(CCO[N+](=O)[O-])NCC(O)COc1cccc2[nH]ccc12. The van der Waals surface area contributed by atoms with E-state index in [1.807, 2.05) is 37.4 Å². The molecule has 0 aliphatic heterocycles. The molecule has 126 valence electrons. The Bertz CT molecular complexity index is 630. The van der Waals surface area contributed by atoms with E-state index in [0.717, 1.165) is 16.7 Å². The molecule has 0 aliphatic carbocycles. The molecule has 2 unspecified atom stereocenters. The van der Waals surface area contributed by atoms with Crippen LogP contribution in [0.25, 0.3) is 10.9 Å². The maximum atomic E-state index is 10.0. The second-order valence-electron chi connectivity index (χ2n) is 5.31. The van der Waals surface area contributed by atoms with Crippen molar-refractivity contribution in [3.05, 3.63) is 40.6 Å². The van der Waals surface area contributed by atoms with Crippen LogP contribution in [0, 0.1) is 10.1 Å². The van der Waals surface area contributed by atoms with Crippen molar-refractivity contribution >= 4 is 10.9 Å². The molecule has 0 radical (unpaired) electrons. The third-order valence-electron chi connectivity index (χ3n) is 3.44. The number of aliphatic hydroxyl groups is 1. The van der Waals surface area contributed by atoms with E-state index >= 15 is 0 Å². The number of nitrogens with zero attached hydrogens (tertiary/aromatic N) is 1. The van der Waals surface area contributed by atoms with E-state index in [-0.39, 0.29) is 19.3 Å². The van der Waals surface area contributed by atoms with Gasteiger partial charge in [-0.1, -0.05) is 6.07 Å². The van der Waals surface area contributed by atoms with Crippen LogP contribution in [0.4, 0.5) is 0 Å². The van der Waals surface area contributed by atoms with Gasteiger partial charge >= 0.3 is 0 Å². The quantitative estimate of drug-likeness (QED) is 0.451. The standard InChI is InChI=1S/C15H21N3O5/c1-11(6-8-23-18(20)21)17-9-12(19)10-22-15-4-2-3-14-13(15)5-7-16-14/h2-5,7,11-12,16-17,19H,6,8-10H2,1H3. The maximum Gasteiger partial charge on any atom is 0.294 e. The molecule has 0 spiro atoms. The third kappa shape index (κ3) is 5.42. The van der Waals surface area contributed by atoms with Gasteiger partial charge in [-0.15, -0.1) is 10.1 Å². The Labute approximate surface area is 133 Å². The van der Waals surface area contributed by atoms with Gasteiger partial charge in [0.1, 0.15) is 18.5 Å². The summed E-state index contributed by atoms with van der Waals surface area (Å²) in [6, 6.07) is 7.61. The fraction of sp³-hybridized carbons (Fsp3) is 0.467. The van der Waals surface area contributed by atoms with E-state index in [4.69, 9.17) is 4.74 Å². The van der Waals surface area contributed by atoms with Crippen molar-refractivity contribution < 1.29 is 19.8 Å². The Morgan fingerprint density at radius 2 is 2.26 bits per heavy atom. The largest absolute Gasteiger partial charge is 0.490 e. The van der Waals surface area contributed by atoms with Crippen LogP contribution in [0.15, 0.2) is 30.5 Å². The smallest absolute Gasteiger partial charge is 0.294 e. The van der Waals surface area contributed by atoms with Crippen LogP contribution >= 0.6 is 0 Å². The fourth-order valence-electron chi connectivity index (χ4n) is 2.17. The molecule has 3 N–H and O–H groups in total. The van der Waals surface area contributed by atoms with Crippen molar-refractivity contribution in [1.29, 1.82) is 0 Å². The van der Waals surface area contributed by atoms with Gasteiger partial charge in [0.05, 0.1) is 6.61 Å². The van der Waals surface area contributed by atoms with Crippen molar-refractivity contribution in [2.75, 3.05) is 19.8 Å². The molecular weight excluding hydrogens is 302 g/mol. The van der Waals surface area contributed by atoms with Crippen molar-refractivity contribution in [3.63, 3.8) is 0 Å². The van der Waals surface area contributed by atoms with Crippen LogP contribution in [-0.2, 0) is 4.84 Å². The number of fused-ring (bicyclic) bond motifs is 1. The molecule has 0 amide bonds. The summed E-state index contributed by atoms with van der Waals surface area (Å²) < 4.78 is 5.66. The lowest BCUT2D eigenvalue weighted by atomic mass is 10.2. The predicted molar refractivity (Wildman–Crippen MR) is 84.8 cm³/mol. The van der Waals surface area contributed by atoms with Crippen LogP contribution in [-0.4, -0.2) is 47.1 Å². The van der Waals surface area contributed by atoms with Gasteiger partial charge in [-0.05, 0) is 31.5 Å². The number of benzene rings is 1. The first-order valence-electron chi connectivity index (χ1n) is 7.44. The highest BCUT2D eigenvalue weighted by Gasteiger charge is 2.10. The molecule has 8 nitrogen and oxygen atoms in total. The van der Waals surface area contributed by atoms with E-state index in [1.165, 1.54) is 0 Å². The van der Waals surface area contributed by atoms with Gasteiger partial charge in [-0.2, -0.15) is 0 Å². The molecule has 2 aromatic rings. The lowest BCUT2D eigenvalue weighted by Crippen LogP contribution is -2.37. The minimum atomic E-state index is -0.809. The molecular formula is C15H21N3O5. The minimum absolute atomic E-state index is 0.00212. The molecule has 1 aromatic carbocycles. The zero-order valence-corrected chi connectivity index (χ0v) is 12.9. The molecule has 8 heteroatoms. The molecule has 2 rings (SSSR count). The Morgan fingerprint density at radius 3 is 3.04 bits per heavy atom. The number of nitrogens with one attached hydrogen (secondary N) is 2. The van der Waals surface area contributed by atoms with Crippen molar-refractivity contribution in [2.24, 2.45) is 0 Å². The highest BCUT2D eigenvalue weighted by molar-refractivity contribution is 5.85. The first kappa shape index (κ1) is 17.0. The van der Waals surface area contributed by atoms with Gasteiger partial charge in [0.15, 0.2) is 0 Å². The second kappa shape index (κ2) is 8.35. The highest BCUT2D eigenvalue weighted by Crippen LogP contribution is 2.24. The number of aliphatic hydroxyl groups excluding tert-OH is 1. The minimum Gasteiger partial charge on any atom is -0.490 e. The van der Waals surface area contributed by atoms with E-state index in [9.17, 15) is 15.2 Å². The summed E-state index contributed by atoms with van der Waals surface area (Å²) in [6.45, 7) is 2.40. The van der Waals surface area contributed by atoms with Crippen molar-refractivity contribution in [2.45, 2.75) is 25.5 Å². The summed E-state index contributed by atoms with van der Waals surface area (Å²) in [7, 11) is 0. The van der Waals surface area contributed by atoms with Crippen molar-refractivity contribution in [1.82, 2.24) is 10.3 Å². The Balaban J connectivity index is 1.70. The van der Waals surface area contributed by atoms with Crippen molar-refractivity contribution in [3.8, 4) is 5.75 Å². The maximum absolute atomic E-state index is 10.0. The van der Waals surface area contributed by atoms with E-state index < -0.39 is 11.2 Å². The molecule has 23 heavy (non-hydrogen) atoms. The Morgan fingerprint density at radius 1 is 1.43 bits per heavy atom. The predicted octanol–water partition coefficient (Wildman–Crippen LogP) is 1.48. The van der Waals surface area contributed by atoms with E-state index in [0.29, 0.717) is 13.0 Å². The Kier molecular flexibility index (Phi) is 6.19. The Hall–Kier alpha value is -2.32. The molecule has 1 heterocycles. The van der Waals surface area contributed by atoms with E-state index in [1.54, 1.807) is 0 Å². The van der Waals surface area contributed by atoms with Crippen LogP contribution in [0.2, 0.25) is 0 Å². The van der Waals surface area contributed by atoms with Gasteiger partial charge in [-0.3, -0.25) is 0 Å². The average molecular weight is 323 g/mol. The number of H-pyrrole nitrogens is 1. The summed E-state index contributed by atoms with van der Waals surface area (Å²) in [5.41, 5.74) is 0.981. The molecule has 0 fully saturated rings. The average Bonchev–Trinajstić information content (AvgIpc) is 2.99. The monoisotopic (exact) mass is 323 g/mol. The number of aromatic nitrogens is 1. The number of rotatable bonds is 10. The first-order chi connectivity index (χ1) is 11.1. The van der Waals surface area contributed by atoms with Crippen LogP contribution in [0.3, 0.4) is 0 Å². The normalized spacial score (nSPS) is 13.7. The number of ether oxygens (including phenoxy) is 1. The lowest BCUT2D eigenvalue weighted by molar-refractivity contribution is -0.757. The molecule has 2 atom stereocenters. The fourth-order valence-corrected chi connectivity index (χ4v) is 2.17. The van der Waals surface area contributed by atoms with Crippen LogP contribution < -0.4 is 10.1 Å². The molecule has 0 saturated carbocycles. The number of hydrogen-bond acceptors (Lipinski definition) is 6. The molecule has 0 saturated heterocycles.